The quantitative estimate of drug-likeness (QED) is 0.854. The summed E-state index contributed by atoms with van der Waals surface area (Å²) in [5.41, 5.74) is 7.14. The summed E-state index contributed by atoms with van der Waals surface area (Å²) in [5, 5.41) is 0. The molecule has 1 aromatic heterocycles. The molecule has 0 aliphatic heterocycles. The molecule has 0 spiro atoms. The van der Waals surface area contributed by atoms with Crippen molar-refractivity contribution in [3.63, 3.8) is 0 Å². The fourth-order valence-electron chi connectivity index (χ4n) is 2.56. The van der Waals surface area contributed by atoms with Crippen molar-refractivity contribution in [2.75, 3.05) is 17.2 Å². The van der Waals surface area contributed by atoms with E-state index >= 15 is 0 Å². The summed E-state index contributed by atoms with van der Waals surface area (Å²) in [4.78, 5) is 11.7. The number of nitrogens with zero attached hydrogens (tertiary/aromatic N) is 3. The van der Waals surface area contributed by atoms with Gasteiger partial charge in [0.2, 0.25) is 0 Å². The van der Waals surface area contributed by atoms with Gasteiger partial charge in [-0.1, -0.05) is 6.92 Å². The third-order valence-corrected chi connectivity index (χ3v) is 4.09. The molecule has 0 bridgehead atoms. The first-order valence-corrected chi connectivity index (χ1v) is 7.58. The Morgan fingerprint density at radius 1 is 1.21 bits per heavy atom. The van der Waals surface area contributed by atoms with Gasteiger partial charge in [0.05, 0.1) is 0 Å². The van der Waals surface area contributed by atoms with E-state index in [4.69, 9.17) is 10.7 Å². The second-order valence-corrected chi connectivity index (χ2v) is 6.05. The minimum Gasteiger partial charge on any atom is -0.383 e. The van der Waals surface area contributed by atoms with Gasteiger partial charge in [0.25, 0.3) is 0 Å². The predicted octanol–water partition coefficient (Wildman–Crippen LogP) is 2.70. The van der Waals surface area contributed by atoms with Gasteiger partial charge in [-0.2, -0.15) is 0 Å². The molecule has 1 aromatic rings. The summed E-state index contributed by atoms with van der Waals surface area (Å²) < 4.78 is 0. The normalized spacial score (nSPS) is 18.6. The lowest BCUT2D eigenvalue weighted by atomic mass is 10.2. The number of hydrogen-bond acceptors (Lipinski definition) is 4. The second kappa shape index (κ2) is 4.99. The monoisotopic (exact) mass is 260 g/mol. The van der Waals surface area contributed by atoms with Crippen LogP contribution in [0.3, 0.4) is 0 Å². The third-order valence-electron chi connectivity index (χ3n) is 4.09. The molecule has 1 heterocycles. The highest BCUT2D eigenvalue weighted by molar-refractivity contribution is 5.57. The van der Waals surface area contributed by atoms with Crippen molar-refractivity contribution >= 4 is 11.6 Å². The van der Waals surface area contributed by atoms with E-state index in [-0.39, 0.29) is 0 Å². The molecule has 2 aliphatic rings. The summed E-state index contributed by atoms with van der Waals surface area (Å²) in [5.74, 6) is 3.55. The van der Waals surface area contributed by atoms with Crippen LogP contribution in [0.25, 0.3) is 0 Å². The molecule has 0 radical (unpaired) electrons. The maximum atomic E-state index is 6.08. The van der Waals surface area contributed by atoms with Crippen molar-refractivity contribution in [2.45, 2.75) is 58.4 Å². The molecule has 2 aliphatic carbocycles. The molecular weight excluding hydrogens is 236 g/mol. The van der Waals surface area contributed by atoms with Crippen molar-refractivity contribution in [2.24, 2.45) is 5.92 Å². The van der Waals surface area contributed by atoms with E-state index in [2.05, 4.69) is 23.7 Å². The molecular formula is C15H24N4. The Bertz CT molecular complexity index is 463. The van der Waals surface area contributed by atoms with Crippen molar-refractivity contribution in [3.05, 3.63) is 11.4 Å². The van der Waals surface area contributed by atoms with E-state index in [1.807, 2.05) is 0 Å². The van der Waals surface area contributed by atoms with Crippen molar-refractivity contribution in [1.29, 1.82) is 0 Å². The van der Waals surface area contributed by atoms with E-state index in [0.717, 1.165) is 42.5 Å². The summed E-state index contributed by atoms with van der Waals surface area (Å²) in [7, 11) is 0. The molecule has 2 fully saturated rings. The zero-order valence-corrected chi connectivity index (χ0v) is 12.0. The van der Waals surface area contributed by atoms with Crippen molar-refractivity contribution < 1.29 is 0 Å². The van der Waals surface area contributed by atoms with Gasteiger partial charge in [-0.3, -0.25) is 0 Å². The summed E-state index contributed by atoms with van der Waals surface area (Å²) in [6.07, 6.45) is 7.35. The average Bonchev–Trinajstić information content (AvgIpc) is 3.25. The molecule has 0 atom stereocenters. The Hall–Kier alpha value is -1.32. The molecule has 4 nitrogen and oxygen atoms in total. The molecule has 0 amide bonds. The van der Waals surface area contributed by atoms with Gasteiger partial charge in [0.15, 0.2) is 0 Å². The molecule has 104 valence electrons. The maximum Gasteiger partial charge on any atom is 0.137 e. The van der Waals surface area contributed by atoms with Crippen LogP contribution >= 0.6 is 0 Å². The molecule has 3 rings (SSSR count). The molecule has 4 heteroatoms. The minimum atomic E-state index is 0.662. The van der Waals surface area contributed by atoms with Crippen LogP contribution in [0.4, 0.5) is 11.6 Å². The van der Waals surface area contributed by atoms with Crippen LogP contribution < -0.4 is 10.6 Å². The van der Waals surface area contributed by atoms with Gasteiger partial charge in [-0.25, -0.2) is 9.97 Å². The smallest absolute Gasteiger partial charge is 0.137 e. The molecule has 0 saturated heterocycles. The Kier molecular flexibility index (Phi) is 3.33. The summed E-state index contributed by atoms with van der Waals surface area (Å²) in [6.45, 7) is 5.37. The summed E-state index contributed by atoms with van der Waals surface area (Å²) in [6, 6.07) is 0.697. The van der Waals surface area contributed by atoms with Gasteiger partial charge >= 0.3 is 0 Å². The van der Waals surface area contributed by atoms with Gasteiger partial charge in [-0.05, 0) is 44.9 Å². The zero-order chi connectivity index (χ0) is 13.4. The van der Waals surface area contributed by atoms with Crippen LogP contribution in [-0.4, -0.2) is 22.6 Å². The first-order chi connectivity index (χ1) is 9.19. The Labute approximate surface area is 115 Å². The van der Waals surface area contributed by atoms with Crippen LogP contribution in [0.5, 0.6) is 0 Å². The fourth-order valence-corrected chi connectivity index (χ4v) is 2.56. The first kappa shape index (κ1) is 12.7. The van der Waals surface area contributed by atoms with Gasteiger partial charge < -0.3 is 10.6 Å². The van der Waals surface area contributed by atoms with Gasteiger partial charge in [-0.15, -0.1) is 0 Å². The molecule has 0 unspecified atom stereocenters. The number of aryl methyl sites for hydroxylation is 1. The molecule has 2 N–H and O–H groups in total. The van der Waals surface area contributed by atoms with Crippen LogP contribution in [0, 0.1) is 12.8 Å². The molecule has 2 saturated carbocycles. The highest BCUT2D eigenvalue weighted by atomic mass is 15.3. The third kappa shape index (κ3) is 2.82. The van der Waals surface area contributed by atoms with Crippen molar-refractivity contribution in [1.82, 2.24) is 9.97 Å². The topological polar surface area (TPSA) is 55.0 Å². The van der Waals surface area contributed by atoms with E-state index in [0.29, 0.717) is 11.9 Å². The molecule has 19 heavy (non-hydrogen) atoms. The average molecular weight is 260 g/mol. The molecule has 0 aromatic carbocycles. The van der Waals surface area contributed by atoms with E-state index < -0.39 is 0 Å². The lowest BCUT2D eigenvalue weighted by molar-refractivity contribution is 0.698. The van der Waals surface area contributed by atoms with Crippen molar-refractivity contribution in [3.8, 4) is 0 Å². The number of aromatic nitrogens is 2. The number of hydrogen-bond donors (Lipinski definition) is 1. The van der Waals surface area contributed by atoms with Crippen LogP contribution in [0.15, 0.2) is 0 Å². The van der Waals surface area contributed by atoms with Crippen LogP contribution in [0.1, 0.15) is 50.4 Å². The van der Waals surface area contributed by atoms with E-state index in [9.17, 15) is 0 Å². The first-order valence-electron chi connectivity index (χ1n) is 7.58. The minimum absolute atomic E-state index is 0.662. The predicted molar refractivity (Wildman–Crippen MR) is 78.3 cm³/mol. The standard InChI is InChI=1S/C15H24N4/c1-3-4-13-17-14(16)10(2)15(18-13)19(12-7-8-12)9-11-5-6-11/h11-12H,3-9H2,1-2H3,(H2,16,17,18). The van der Waals surface area contributed by atoms with Gasteiger partial charge in [0, 0.05) is 24.6 Å². The van der Waals surface area contributed by atoms with Crippen LogP contribution in [0.2, 0.25) is 0 Å². The Morgan fingerprint density at radius 2 is 1.95 bits per heavy atom. The zero-order valence-electron chi connectivity index (χ0n) is 12.0. The highest BCUT2D eigenvalue weighted by Gasteiger charge is 2.35. The Balaban J connectivity index is 1.90. The fraction of sp³-hybridized carbons (Fsp3) is 0.733. The number of anilines is 2. The number of nitrogen functional groups attached to an aromatic ring is 1. The van der Waals surface area contributed by atoms with E-state index in [1.54, 1.807) is 0 Å². The number of rotatable bonds is 6. The maximum absolute atomic E-state index is 6.08. The van der Waals surface area contributed by atoms with E-state index in [1.165, 1.54) is 25.7 Å². The van der Waals surface area contributed by atoms with Crippen LogP contribution in [-0.2, 0) is 6.42 Å². The Morgan fingerprint density at radius 3 is 2.53 bits per heavy atom. The second-order valence-electron chi connectivity index (χ2n) is 6.05. The lowest BCUT2D eigenvalue weighted by Gasteiger charge is -2.26. The highest BCUT2D eigenvalue weighted by Crippen LogP contribution is 2.38. The van der Waals surface area contributed by atoms with Gasteiger partial charge in [0.1, 0.15) is 17.5 Å². The lowest BCUT2D eigenvalue weighted by Crippen LogP contribution is -2.30. The largest absolute Gasteiger partial charge is 0.383 e. The number of nitrogens with two attached hydrogens (primary N) is 1. The summed E-state index contributed by atoms with van der Waals surface area (Å²) >= 11 is 0. The SMILES string of the molecule is CCCc1nc(N)c(C)c(N(CC2CC2)C2CC2)n1.